The third kappa shape index (κ3) is 5.03. The molecule has 0 aliphatic carbocycles. The number of carbonyl (C=O) groups is 2. The van der Waals surface area contributed by atoms with Crippen LogP contribution >= 0.6 is 11.3 Å². The van der Waals surface area contributed by atoms with E-state index in [4.69, 9.17) is 19.7 Å². The first-order chi connectivity index (χ1) is 19.8. The average Bonchev–Trinajstić information content (AvgIpc) is 3.47. The van der Waals surface area contributed by atoms with Gasteiger partial charge in [0.25, 0.3) is 5.91 Å². The van der Waals surface area contributed by atoms with Crippen LogP contribution in [0.4, 0.5) is 5.13 Å². The number of nitrogens with zero attached hydrogens (tertiary/aromatic N) is 5. The monoisotopic (exact) mass is 566 g/mol. The van der Waals surface area contributed by atoms with Crippen LogP contribution in [0.3, 0.4) is 0 Å². The highest BCUT2D eigenvalue weighted by Crippen LogP contribution is 2.52. The fourth-order valence-corrected chi connectivity index (χ4v) is 5.75. The van der Waals surface area contributed by atoms with Crippen molar-refractivity contribution in [3.63, 3.8) is 0 Å². The third-order valence-electron chi connectivity index (χ3n) is 7.41. The van der Waals surface area contributed by atoms with E-state index in [9.17, 15) is 9.59 Å². The molecule has 4 heterocycles. The number of para-hydroxylation sites is 1. The second kappa shape index (κ2) is 10.7. The minimum atomic E-state index is -0.947. The number of carbonyl (C=O) groups excluding carboxylic acids is 2. The number of anilines is 1. The summed E-state index contributed by atoms with van der Waals surface area (Å²) in [6, 6.07) is 20.8. The lowest BCUT2D eigenvalue weighted by molar-refractivity contribution is -0.124. The summed E-state index contributed by atoms with van der Waals surface area (Å²) in [5, 5.41) is 20.0. The van der Waals surface area contributed by atoms with E-state index < -0.39 is 5.41 Å². The number of pyridine rings is 1. The molecule has 2 aliphatic rings. The van der Waals surface area contributed by atoms with Gasteiger partial charge in [0.2, 0.25) is 21.9 Å². The molecular weight excluding hydrogens is 540 g/mol. The standard InChI is InChI=1S/C30H26N6O4S/c1-30(2,28(38)33-29-35-34-24(17-31)41-29)25-20-5-3-4-6-23(20)40-26-21(25)11-12-22(32-26)18-7-9-19(10-8-18)27(37)36-13-15-39-16-14-36/h3-12,25H,13-16H2,1-2H3,(H,33,35,38)/t25-/m0/s1. The molecule has 0 radical (unpaired) electrons. The molecule has 11 heteroatoms. The molecule has 2 aliphatic heterocycles. The van der Waals surface area contributed by atoms with E-state index in [1.165, 1.54) is 0 Å². The number of rotatable bonds is 5. The zero-order valence-corrected chi connectivity index (χ0v) is 23.3. The van der Waals surface area contributed by atoms with Crippen molar-refractivity contribution in [2.45, 2.75) is 19.8 Å². The Morgan fingerprint density at radius 2 is 1.78 bits per heavy atom. The van der Waals surface area contributed by atoms with Gasteiger partial charge >= 0.3 is 0 Å². The number of hydrogen-bond acceptors (Lipinski definition) is 9. The second-order valence-corrected chi connectivity index (χ2v) is 11.3. The van der Waals surface area contributed by atoms with Crippen LogP contribution < -0.4 is 10.1 Å². The maximum atomic E-state index is 13.6. The maximum Gasteiger partial charge on any atom is 0.254 e. The maximum absolute atomic E-state index is 13.6. The number of amides is 2. The van der Waals surface area contributed by atoms with Gasteiger partial charge in [-0.15, -0.1) is 10.2 Å². The summed E-state index contributed by atoms with van der Waals surface area (Å²) in [4.78, 5) is 33.1. The van der Waals surface area contributed by atoms with Crippen molar-refractivity contribution in [2.75, 3.05) is 31.6 Å². The van der Waals surface area contributed by atoms with Gasteiger partial charge in [-0.25, -0.2) is 4.98 Å². The molecule has 1 fully saturated rings. The summed E-state index contributed by atoms with van der Waals surface area (Å²) in [6.45, 7) is 6.00. The minimum absolute atomic E-state index is 0.0149. The van der Waals surface area contributed by atoms with Crippen molar-refractivity contribution in [1.29, 1.82) is 5.26 Å². The summed E-state index contributed by atoms with van der Waals surface area (Å²) >= 11 is 1.02. The number of ether oxygens (including phenoxy) is 2. The molecule has 0 saturated carbocycles. The van der Waals surface area contributed by atoms with Gasteiger partial charge in [0.05, 0.1) is 24.3 Å². The number of nitrogens with one attached hydrogen (secondary N) is 1. The Labute approximate surface area is 240 Å². The van der Waals surface area contributed by atoms with Gasteiger partial charge in [-0.2, -0.15) is 5.26 Å². The topological polar surface area (TPSA) is 130 Å². The SMILES string of the molecule is CC(C)(C(=O)Nc1nnc(C#N)s1)[C@H]1c2ccccc2Oc2nc(-c3ccc(C(=O)N4CCOCC4)cc3)ccc21. The Morgan fingerprint density at radius 3 is 2.51 bits per heavy atom. The number of benzene rings is 2. The van der Waals surface area contributed by atoms with Gasteiger partial charge in [-0.3, -0.25) is 9.59 Å². The molecule has 2 aromatic carbocycles. The normalized spacial score (nSPS) is 16.1. The van der Waals surface area contributed by atoms with E-state index in [0.29, 0.717) is 49.2 Å². The molecule has 2 amide bonds. The molecule has 0 spiro atoms. The lowest BCUT2D eigenvalue weighted by atomic mass is 9.69. The summed E-state index contributed by atoms with van der Waals surface area (Å²) < 4.78 is 11.6. The smallest absolute Gasteiger partial charge is 0.254 e. The average molecular weight is 567 g/mol. The van der Waals surface area contributed by atoms with Crippen LogP contribution in [0, 0.1) is 16.7 Å². The summed E-state index contributed by atoms with van der Waals surface area (Å²) in [7, 11) is 0. The summed E-state index contributed by atoms with van der Waals surface area (Å²) in [5.74, 6) is 0.392. The molecule has 6 rings (SSSR count). The second-order valence-electron chi connectivity index (χ2n) is 10.3. The van der Waals surface area contributed by atoms with E-state index in [2.05, 4.69) is 15.5 Å². The molecule has 2 aromatic heterocycles. The van der Waals surface area contributed by atoms with E-state index in [0.717, 1.165) is 28.0 Å². The molecule has 4 aromatic rings. The zero-order valence-electron chi connectivity index (χ0n) is 22.5. The van der Waals surface area contributed by atoms with Gasteiger partial charge in [-0.1, -0.05) is 61.6 Å². The predicted octanol–water partition coefficient (Wildman–Crippen LogP) is 4.85. The van der Waals surface area contributed by atoms with Crippen molar-refractivity contribution in [2.24, 2.45) is 5.41 Å². The highest BCUT2D eigenvalue weighted by Gasteiger charge is 2.44. The Morgan fingerprint density at radius 1 is 1.02 bits per heavy atom. The highest BCUT2D eigenvalue weighted by atomic mass is 32.1. The third-order valence-corrected chi connectivity index (χ3v) is 8.15. The van der Waals surface area contributed by atoms with Gasteiger partial charge in [0.1, 0.15) is 11.8 Å². The van der Waals surface area contributed by atoms with E-state index in [-0.39, 0.29) is 27.9 Å². The summed E-state index contributed by atoms with van der Waals surface area (Å²) in [5.41, 5.74) is 2.85. The molecule has 0 bridgehead atoms. The van der Waals surface area contributed by atoms with Crippen molar-refractivity contribution in [3.05, 3.63) is 82.4 Å². The largest absolute Gasteiger partial charge is 0.438 e. The van der Waals surface area contributed by atoms with Crippen molar-refractivity contribution in [3.8, 4) is 29.0 Å². The molecule has 1 saturated heterocycles. The van der Waals surface area contributed by atoms with Crippen molar-refractivity contribution in [1.82, 2.24) is 20.1 Å². The molecule has 1 N–H and O–H groups in total. The number of hydrogen-bond donors (Lipinski definition) is 1. The number of fused-ring (bicyclic) bond motifs is 2. The van der Waals surface area contributed by atoms with Gasteiger partial charge in [0.15, 0.2) is 0 Å². The Balaban J connectivity index is 1.30. The Kier molecular flexibility index (Phi) is 6.95. The van der Waals surface area contributed by atoms with E-state index in [1.54, 1.807) is 4.90 Å². The van der Waals surface area contributed by atoms with Crippen molar-refractivity contribution >= 4 is 28.3 Å². The fourth-order valence-electron chi connectivity index (χ4n) is 5.22. The Bertz CT molecular complexity index is 1670. The highest BCUT2D eigenvalue weighted by molar-refractivity contribution is 7.15. The van der Waals surface area contributed by atoms with Crippen molar-refractivity contribution < 1.29 is 19.1 Å². The Hall–Kier alpha value is -4.66. The molecule has 41 heavy (non-hydrogen) atoms. The quantitative estimate of drug-likeness (QED) is 0.363. The number of morpholine rings is 1. The summed E-state index contributed by atoms with van der Waals surface area (Å²) in [6.07, 6.45) is 0. The van der Waals surface area contributed by atoms with Gasteiger partial charge < -0.3 is 19.7 Å². The molecule has 206 valence electrons. The lowest BCUT2D eigenvalue weighted by Gasteiger charge is -2.37. The predicted molar refractivity (Wildman–Crippen MR) is 152 cm³/mol. The molecule has 0 unspecified atom stereocenters. The lowest BCUT2D eigenvalue weighted by Crippen LogP contribution is -2.40. The van der Waals surface area contributed by atoms with Crippen LogP contribution in [0.2, 0.25) is 0 Å². The number of nitriles is 1. The van der Waals surface area contributed by atoms with Crippen LogP contribution in [0.1, 0.15) is 46.3 Å². The van der Waals surface area contributed by atoms with Crippen LogP contribution in [0.5, 0.6) is 11.6 Å². The van der Waals surface area contributed by atoms with Gasteiger partial charge in [0, 0.05) is 41.3 Å². The van der Waals surface area contributed by atoms with Crippen LogP contribution in [-0.4, -0.2) is 58.2 Å². The first-order valence-corrected chi connectivity index (χ1v) is 14.0. The molecule has 10 nitrogen and oxygen atoms in total. The van der Waals surface area contributed by atoms with Crippen LogP contribution in [0.25, 0.3) is 11.3 Å². The van der Waals surface area contributed by atoms with Gasteiger partial charge in [-0.05, 0) is 24.3 Å². The fraction of sp³-hybridized carbons (Fsp3) is 0.267. The first kappa shape index (κ1) is 26.6. The first-order valence-electron chi connectivity index (χ1n) is 13.2. The van der Waals surface area contributed by atoms with Crippen LogP contribution in [0.15, 0.2) is 60.7 Å². The minimum Gasteiger partial charge on any atom is -0.438 e. The van der Waals surface area contributed by atoms with E-state index in [1.807, 2.05) is 80.6 Å². The van der Waals surface area contributed by atoms with Crippen LogP contribution in [-0.2, 0) is 9.53 Å². The molecule has 1 atom stereocenters. The van der Waals surface area contributed by atoms with E-state index >= 15 is 0 Å². The number of aromatic nitrogens is 3. The molecular formula is C30H26N6O4S. The zero-order chi connectivity index (χ0) is 28.6.